The summed E-state index contributed by atoms with van der Waals surface area (Å²) in [7, 11) is 0. The maximum absolute atomic E-state index is 9.56. The lowest BCUT2D eigenvalue weighted by Crippen LogP contribution is -1.84. The number of hydrogen-bond acceptors (Lipinski definition) is 2. The Morgan fingerprint density at radius 3 is 1.78 bits per heavy atom. The zero-order valence-corrected chi connectivity index (χ0v) is 12.0. The first-order chi connectivity index (χ1) is 8.69. The molecule has 18 heavy (non-hydrogen) atoms. The normalized spacial score (nSPS) is 9.61. The number of phenols is 1. The molecule has 0 aliphatic heterocycles. The molecule has 0 radical (unpaired) electrons. The average Bonchev–Trinajstić information content (AvgIpc) is 2.41. The van der Waals surface area contributed by atoms with Crippen LogP contribution in [0.2, 0.25) is 0 Å². The molecule has 1 N–H and O–H groups in total. The van der Waals surface area contributed by atoms with Gasteiger partial charge in [0.2, 0.25) is 0 Å². The fourth-order valence-electron chi connectivity index (χ4n) is 1.38. The predicted octanol–water partition coefficient (Wildman–Crippen LogP) is 4.61. The molecule has 0 saturated heterocycles. The zero-order chi connectivity index (χ0) is 14.6. The van der Waals surface area contributed by atoms with Gasteiger partial charge in [-0.15, -0.1) is 0 Å². The van der Waals surface area contributed by atoms with E-state index in [4.69, 9.17) is 4.79 Å². The molecule has 0 bridgehead atoms. The molecule has 0 heterocycles. The molecule has 0 spiro atoms. The van der Waals surface area contributed by atoms with Crippen molar-refractivity contribution in [2.24, 2.45) is 0 Å². The van der Waals surface area contributed by atoms with Crippen LogP contribution < -0.4 is 0 Å². The van der Waals surface area contributed by atoms with E-state index in [-0.39, 0.29) is 0 Å². The number of carbonyl (C=O) groups is 1. The molecule has 0 unspecified atom stereocenters. The Bertz CT molecular complexity index is 353. The second-order valence-corrected chi connectivity index (χ2v) is 3.27. The summed E-state index contributed by atoms with van der Waals surface area (Å²) in [5, 5.41) is 9.56. The van der Waals surface area contributed by atoms with Crippen molar-refractivity contribution in [1.29, 1.82) is 0 Å². The molecule has 0 aliphatic carbocycles. The summed E-state index contributed by atoms with van der Waals surface area (Å²) in [6, 6.07) is 3.79. The van der Waals surface area contributed by atoms with Crippen molar-refractivity contribution in [3.63, 3.8) is 0 Å². The first-order valence-corrected chi connectivity index (χ1v) is 6.07. The van der Waals surface area contributed by atoms with Gasteiger partial charge in [-0.25, -0.2) is 0 Å². The number of hydrogen-bond donors (Lipinski definition) is 1. The van der Waals surface area contributed by atoms with Crippen LogP contribution in [0.1, 0.15) is 44.4 Å². The van der Waals surface area contributed by atoms with Crippen molar-refractivity contribution >= 4 is 18.9 Å². The Balaban J connectivity index is 0. The van der Waals surface area contributed by atoms with E-state index in [9.17, 15) is 5.11 Å². The molecule has 2 heteroatoms. The van der Waals surface area contributed by atoms with Crippen LogP contribution in [0.3, 0.4) is 0 Å². The highest BCUT2D eigenvalue weighted by Gasteiger charge is 2.01. The van der Waals surface area contributed by atoms with E-state index < -0.39 is 0 Å². The van der Waals surface area contributed by atoms with Crippen LogP contribution in [-0.2, 0) is 4.79 Å². The van der Waals surface area contributed by atoms with Gasteiger partial charge in [0.1, 0.15) is 12.5 Å². The minimum absolute atomic E-state index is 0.353. The predicted molar refractivity (Wildman–Crippen MR) is 80.7 cm³/mol. The first kappa shape index (κ1) is 18.5. The molecule has 2 nitrogen and oxygen atoms in total. The van der Waals surface area contributed by atoms with E-state index in [1.54, 1.807) is 6.07 Å². The fourth-order valence-corrected chi connectivity index (χ4v) is 1.38. The van der Waals surface area contributed by atoms with Crippen molar-refractivity contribution in [1.82, 2.24) is 0 Å². The molecule has 0 saturated carbocycles. The van der Waals surface area contributed by atoms with Gasteiger partial charge in [0, 0.05) is 0 Å². The lowest BCUT2D eigenvalue weighted by atomic mass is 10.0. The lowest BCUT2D eigenvalue weighted by molar-refractivity contribution is -0.0979. The third kappa shape index (κ3) is 6.04. The summed E-state index contributed by atoms with van der Waals surface area (Å²) in [6.45, 7) is 11.9. The SMILES string of the molecule is C/C=C\c1cc(C)c(O)cc1/C=C\C.C=O.CC. The van der Waals surface area contributed by atoms with Crippen molar-refractivity contribution < 1.29 is 9.90 Å². The number of phenolic OH excluding ortho intramolecular Hbond substituents is 1. The minimum atomic E-state index is 0.353. The molecule has 1 aromatic rings. The molecule has 0 fully saturated rings. The van der Waals surface area contributed by atoms with Gasteiger partial charge in [0.05, 0.1) is 0 Å². The highest BCUT2D eigenvalue weighted by Crippen LogP contribution is 2.23. The molecular formula is C16H24O2. The summed E-state index contributed by atoms with van der Waals surface area (Å²) in [4.78, 5) is 8.00. The van der Waals surface area contributed by atoms with Crippen molar-refractivity contribution in [2.45, 2.75) is 34.6 Å². The fraction of sp³-hybridized carbons (Fsp3) is 0.312. The molecule has 0 atom stereocenters. The third-order valence-electron chi connectivity index (χ3n) is 2.09. The Morgan fingerprint density at radius 2 is 1.39 bits per heavy atom. The topological polar surface area (TPSA) is 37.3 Å². The van der Waals surface area contributed by atoms with Gasteiger partial charge in [0.15, 0.2) is 0 Å². The highest BCUT2D eigenvalue weighted by atomic mass is 16.3. The Hall–Kier alpha value is -1.83. The number of rotatable bonds is 2. The third-order valence-corrected chi connectivity index (χ3v) is 2.09. The number of benzene rings is 1. The minimum Gasteiger partial charge on any atom is -0.508 e. The van der Waals surface area contributed by atoms with E-state index in [1.165, 1.54) is 0 Å². The Morgan fingerprint density at radius 1 is 1.00 bits per heavy atom. The Kier molecular flexibility index (Phi) is 12.0. The highest BCUT2D eigenvalue weighted by molar-refractivity contribution is 5.67. The van der Waals surface area contributed by atoms with Crippen LogP contribution >= 0.6 is 0 Å². The van der Waals surface area contributed by atoms with Gasteiger partial charge < -0.3 is 9.90 Å². The Labute approximate surface area is 111 Å². The van der Waals surface area contributed by atoms with E-state index in [0.29, 0.717) is 5.75 Å². The second kappa shape index (κ2) is 11.6. The van der Waals surface area contributed by atoms with E-state index in [0.717, 1.165) is 16.7 Å². The number of aryl methyl sites for hydroxylation is 1. The number of allylic oxidation sites excluding steroid dienone is 2. The van der Waals surface area contributed by atoms with Crippen LogP contribution in [0, 0.1) is 6.92 Å². The molecular weight excluding hydrogens is 224 g/mol. The molecule has 0 amide bonds. The largest absolute Gasteiger partial charge is 0.508 e. The standard InChI is InChI=1S/C13H16O.C2H6.CH2O/c1-4-6-11-8-10(3)13(14)9-12(11)7-5-2;2*1-2/h4-9,14H,1-3H3;1-2H3;1H2/b6-4-,7-5-;;. The quantitative estimate of drug-likeness (QED) is 0.830. The van der Waals surface area contributed by atoms with Crippen LogP contribution in [0.4, 0.5) is 0 Å². The van der Waals surface area contributed by atoms with E-state index >= 15 is 0 Å². The van der Waals surface area contributed by atoms with Gasteiger partial charge in [-0.1, -0.05) is 38.2 Å². The zero-order valence-electron chi connectivity index (χ0n) is 12.0. The monoisotopic (exact) mass is 248 g/mol. The van der Waals surface area contributed by atoms with Gasteiger partial charge in [-0.2, -0.15) is 0 Å². The molecule has 0 aliphatic rings. The van der Waals surface area contributed by atoms with E-state index in [2.05, 4.69) is 0 Å². The van der Waals surface area contributed by atoms with Crippen molar-refractivity contribution in [2.75, 3.05) is 0 Å². The van der Waals surface area contributed by atoms with Gasteiger partial charge in [-0.3, -0.25) is 0 Å². The van der Waals surface area contributed by atoms with Gasteiger partial charge >= 0.3 is 0 Å². The van der Waals surface area contributed by atoms with Crippen molar-refractivity contribution in [3.05, 3.63) is 41.0 Å². The summed E-state index contributed by atoms with van der Waals surface area (Å²) >= 11 is 0. The average molecular weight is 248 g/mol. The number of carbonyl (C=O) groups excluding carboxylic acids is 1. The maximum atomic E-state index is 9.56. The summed E-state index contributed by atoms with van der Waals surface area (Å²) in [6.07, 6.45) is 8.01. The molecule has 1 rings (SSSR count). The van der Waals surface area contributed by atoms with Crippen LogP contribution in [0.25, 0.3) is 12.2 Å². The first-order valence-electron chi connectivity index (χ1n) is 6.07. The summed E-state index contributed by atoms with van der Waals surface area (Å²) in [5.41, 5.74) is 3.10. The smallest absolute Gasteiger partial charge is 0.119 e. The second-order valence-electron chi connectivity index (χ2n) is 3.27. The van der Waals surface area contributed by atoms with Crippen LogP contribution in [0.15, 0.2) is 24.3 Å². The van der Waals surface area contributed by atoms with Gasteiger partial charge in [-0.05, 0) is 49.6 Å². The maximum Gasteiger partial charge on any atom is 0.119 e. The van der Waals surface area contributed by atoms with Crippen LogP contribution in [0.5, 0.6) is 5.75 Å². The molecule has 100 valence electrons. The van der Waals surface area contributed by atoms with E-state index in [1.807, 2.05) is 71.8 Å². The van der Waals surface area contributed by atoms with Crippen LogP contribution in [-0.4, -0.2) is 11.9 Å². The van der Waals surface area contributed by atoms with Gasteiger partial charge in [0.25, 0.3) is 0 Å². The lowest BCUT2D eigenvalue weighted by Gasteiger charge is -2.05. The van der Waals surface area contributed by atoms with Crippen molar-refractivity contribution in [3.8, 4) is 5.75 Å². The molecule has 1 aromatic carbocycles. The molecule has 0 aromatic heterocycles. The number of aromatic hydroxyl groups is 1. The summed E-state index contributed by atoms with van der Waals surface area (Å²) in [5.74, 6) is 0.353. The summed E-state index contributed by atoms with van der Waals surface area (Å²) < 4.78 is 0.